The molecule has 0 saturated heterocycles. The van der Waals surface area contributed by atoms with Crippen molar-refractivity contribution in [2.24, 2.45) is 0 Å². The van der Waals surface area contributed by atoms with Gasteiger partial charge in [-0.3, -0.25) is 4.79 Å². The van der Waals surface area contributed by atoms with Crippen molar-refractivity contribution >= 4 is 54.5 Å². The molecule has 18 heavy (non-hydrogen) atoms. The normalized spacial score (nSPS) is 11.0. The van der Waals surface area contributed by atoms with Crippen LogP contribution in [0.1, 0.15) is 14.5 Å². The molecule has 0 amide bonds. The standard InChI is InChI=1S/C13H6BrFOS2/c14-9-3-4-17-13(9)12(16)11-6-7-5-8(15)1-2-10(7)18-11/h1-6H. The highest BCUT2D eigenvalue weighted by Gasteiger charge is 2.16. The summed E-state index contributed by atoms with van der Waals surface area (Å²) < 4.78 is 14.8. The zero-order valence-electron chi connectivity index (χ0n) is 8.94. The number of benzene rings is 1. The molecule has 1 aromatic carbocycles. The van der Waals surface area contributed by atoms with Crippen LogP contribution in [0, 0.1) is 5.82 Å². The lowest BCUT2D eigenvalue weighted by atomic mass is 10.2. The predicted molar refractivity (Wildman–Crippen MR) is 77.2 cm³/mol. The van der Waals surface area contributed by atoms with Gasteiger partial charge in [0.2, 0.25) is 5.78 Å². The van der Waals surface area contributed by atoms with Crippen LogP contribution in [-0.2, 0) is 0 Å². The maximum atomic E-state index is 13.1. The average molecular weight is 341 g/mol. The smallest absolute Gasteiger partial charge is 0.214 e. The number of rotatable bonds is 2. The van der Waals surface area contributed by atoms with Crippen LogP contribution in [0.2, 0.25) is 0 Å². The summed E-state index contributed by atoms with van der Waals surface area (Å²) in [7, 11) is 0. The monoisotopic (exact) mass is 340 g/mol. The Kier molecular flexibility index (Phi) is 3.05. The second kappa shape index (κ2) is 4.57. The Morgan fingerprint density at radius 1 is 1.22 bits per heavy atom. The highest BCUT2D eigenvalue weighted by Crippen LogP contribution is 2.31. The molecule has 3 rings (SSSR count). The van der Waals surface area contributed by atoms with Crippen molar-refractivity contribution in [2.45, 2.75) is 0 Å². The van der Waals surface area contributed by atoms with Crippen LogP contribution in [-0.4, -0.2) is 5.78 Å². The molecule has 0 aliphatic heterocycles. The number of hydrogen-bond donors (Lipinski definition) is 0. The van der Waals surface area contributed by atoms with Gasteiger partial charge in [0, 0.05) is 9.17 Å². The highest BCUT2D eigenvalue weighted by molar-refractivity contribution is 9.10. The molecule has 0 bridgehead atoms. The van der Waals surface area contributed by atoms with Crippen LogP contribution < -0.4 is 0 Å². The van der Waals surface area contributed by atoms with Crippen LogP contribution in [0.3, 0.4) is 0 Å². The zero-order valence-corrected chi connectivity index (χ0v) is 12.2. The first-order chi connectivity index (χ1) is 8.65. The quantitative estimate of drug-likeness (QED) is 0.593. The summed E-state index contributed by atoms with van der Waals surface area (Å²) in [4.78, 5) is 13.6. The Morgan fingerprint density at radius 3 is 2.78 bits per heavy atom. The predicted octanol–water partition coefficient (Wildman–Crippen LogP) is 5.10. The molecule has 0 radical (unpaired) electrons. The summed E-state index contributed by atoms with van der Waals surface area (Å²) >= 11 is 6.15. The van der Waals surface area contributed by atoms with Crippen molar-refractivity contribution in [3.05, 3.63) is 55.8 Å². The van der Waals surface area contributed by atoms with Crippen molar-refractivity contribution < 1.29 is 9.18 Å². The number of carbonyl (C=O) groups is 1. The van der Waals surface area contributed by atoms with E-state index in [0.717, 1.165) is 14.6 Å². The Bertz CT molecular complexity index is 744. The molecule has 3 aromatic rings. The van der Waals surface area contributed by atoms with Gasteiger partial charge in [-0.25, -0.2) is 4.39 Å². The minimum atomic E-state index is -0.281. The van der Waals surface area contributed by atoms with Crippen LogP contribution in [0.15, 0.2) is 40.2 Å². The lowest BCUT2D eigenvalue weighted by Gasteiger charge is -1.93. The van der Waals surface area contributed by atoms with Crippen molar-refractivity contribution in [3.63, 3.8) is 0 Å². The van der Waals surface area contributed by atoms with E-state index < -0.39 is 0 Å². The van der Waals surface area contributed by atoms with Gasteiger partial charge in [0.15, 0.2) is 0 Å². The van der Waals surface area contributed by atoms with Crippen molar-refractivity contribution in [2.75, 3.05) is 0 Å². The molecule has 0 saturated carbocycles. The fraction of sp³-hybridized carbons (Fsp3) is 0. The van der Waals surface area contributed by atoms with Gasteiger partial charge < -0.3 is 0 Å². The lowest BCUT2D eigenvalue weighted by Crippen LogP contribution is -1.95. The number of fused-ring (bicyclic) bond motifs is 1. The van der Waals surface area contributed by atoms with Crippen LogP contribution in [0.25, 0.3) is 10.1 Å². The fourth-order valence-corrected chi connectivity index (χ4v) is 4.25. The summed E-state index contributed by atoms with van der Waals surface area (Å²) in [5.74, 6) is -0.296. The van der Waals surface area contributed by atoms with E-state index in [-0.39, 0.29) is 11.6 Å². The number of hydrogen-bond acceptors (Lipinski definition) is 3. The van der Waals surface area contributed by atoms with Gasteiger partial charge in [0.1, 0.15) is 5.82 Å². The molecular weight excluding hydrogens is 335 g/mol. The Labute approximate surface area is 119 Å². The third-order valence-electron chi connectivity index (χ3n) is 2.53. The third kappa shape index (κ3) is 2.02. The van der Waals surface area contributed by atoms with Crippen LogP contribution >= 0.6 is 38.6 Å². The van der Waals surface area contributed by atoms with E-state index in [4.69, 9.17) is 0 Å². The number of ketones is 1. The van der Waals surface area contributed by atoms with Gasteiger partial charge in [-0.2, -0.15) is 0 Å². The summed E-state index contributed by atoms with van der Waals surface area (Å²) in [5, 5.41) is 2.64. The molecule has 0 spiro atoms. The minimum absolute atomic E-state index is 0.0153. The first-order valence-corrected chi connectivity index (χ1v) is 7.61. The van der Waals surface area contributed by atoms with Crippen LogP contribution in [0.5, 0.6) is 0 Å². The summed E-state index contributed by atoms with van der Waals surface area (Å²) in [5.41, 5.74) is 0. The third-order valence-corrected chi connectivity index (χ3v) is 5.48. The summed E-state index contributed by atoms with van der Waals surface area (Å²) in [6.07, 6.45) is 0. The van der Waals surface area contributed by atoms with Gasteiger partial charge >= 0.3 is 0 Å². The summed E-state index contributed by atoms with van der Waals surface area (Å²) in [6, 6.07) is 8.16. The first-order valence-electron chi connectivity index (χ1n) is 5.12. The lowest BCUT2D eigenvalue weighted by molar-refractivity contribution is 0.104. The van der Waals surface area contributed by atoms with Crippen molar-refractivity contribution in [1.29, 1.82) is 0 Å². The van der Waals surface area contributed by atoms with E-state index in [9.17, 15) is 9.18 Å². The maximum Gasteiger partial charge on any atom is 0.214 e. The van der Waals surface area contributed by atoms with Crippen molar-refractivity contribution in [3.8, 4) is 0 Å². The van der Waals surface area contributed by atoms with E-state index >= 15 is 0 Å². The van der Waals surface area contributed by atoms with E-state index in [1.165, 1.54) is 34.8 Å². The molecule has 0 unspecified atom stereocenters. The molecule has 2 heterocycles. The van der Waals surface area contributed by atoms with Gasteiger partial charge in [-0.15, -0.1) is 22.7 Å². The van der Waals surface area contributed by atoms with E-state index in [1.807, 2.05) is 11.4 Å². The molecule has 0 fully saturated rings. The first kappa shape index (κ1) is 12.0. The molecule has 0 N–H and O–H groups in total. The molecule has 1 nitrogen and oxygen atoms in total. The van der Waals surface area contributed by atoms with Crippen molar-refractivity contribution in [1.82, 2.24) is 0 Å². The highest BCUT2D eigenvalue weighted by atomic mass is 79.9. The van der Waals surface area contributed by atoms with Gasteiger partial charge in [-0.05, 0) is 57.0 Å². The number of halogens is 2. The van der Waals surface area contributed by atoms with E-state index in [2.05, 4.69) is 15.9 Å². The van der Waals surface area contributed by atoms with Gasteiger partial charge in [0.05, 0.1) is 9.75 Å². The molecular formula is C13H6BrFOS2. The number of carbonyl (C=O) groups excluding carboxylic acids is 1. The maximum absolute atomic E-state index is 13.1. The zero-order chi connectivity index (χ0) is 12.7. The molecule has 0 atom stereocenters. The summed E-state index contributed by atoms with van der Waals surface area (Å²) in [6.45, 7) is 0. The van der Waals surface area contributed by atoms with E-state index in [1.54, 1.807) is 12.1 Å². The fourth-order valence-electron chi connectivity index (χ4n) is 1.69. The van der Waals surface area contributed by atoms with E-state index in [0.29, 0.717) is 9.75 Å². The average Bonchev–Trinajstić information content (AvgIpc) is 2.93. The second-order valence-corrected chi connectivity index (χ2v) is 6.57. The minimum Gasteiger partial charge on any atom is -0.287 e. The Hall–Kier alpha value is -1.04. The van der Waals surface area contributed by atoms with Crippen LogP contribution in [0.4, 0.5) is 4.39 Å². The second-order valence-electron chi connectivity index (χ2n) is 3.72. The number of thiophene rings is 2. The largest absolute Gasteiger partial charge is 0.287 e. The molecule has 0 aliphatic carbocycles. The molecule has 2 aromatic heterocycles. The van der Waals surface area contributed by atoms with Gasteiger partial charge in [0.25, 0.3) is 0 Å². The SMILES string of the molecule is O=C(c1cc2cc(F)ccc2s1)c1sccc1Br. The Balaban J connectivity index is 2.10. The molecule has 5 heteroatoms. The molecule has 0 aliphatic rings. The Morgan fingerprint density at radius 2 is 2.06 bits per heavy atom. The topological polar surface area (TPSA) is 17.1 Å². The molecule has 90 valence electrons. The van der Waals surface area contributed by atoms with Gasteiger partial charge in [-0.1, -0.05) is 0 Å².